The van der Waals surface area contributed by atoms with Gasteiger partial charge in [0, 0.05) is 0 Å². The van der Waals surface area contributed by atoms with Gasteiger partial charge in [-0.15, -0.1) is 0 Å². The first-order valence-corrected chi connectivity index (χ1v) is 7.60. The minimum absolute atomic E-state index is 0.0307. The maximum absolute atomic E-state index is 12.0. The number of carbonyl (C=O) groups is 2. The summed E-state index contributed by atoms with van der Waals surface area (Å²) >= 11 is 3.27. The topological polar surface area (TPSA) is 55.8 Å². The van der Waals surface area contributed by atoms with Crippen molar-refractivity contribution < 1.29 is 19.1 Å². The fourth-order valence-corrected chi connectivity index (χ4v) is 1.92. The van der Waals surface area contributed by atoms with Crippen LogP contribution in [0.5, 0.6) is 0 Å². The van der Waals surface area contributed by atoms with Crippen LogP contribution in [0.4, 0.5) is 0 Å². The molecule has 0 rings (SSSR count). The molecule has 0 aromatic carbocycles. The molecule has 0 saturated carbocycles. The number of halogens is 1. The summed E-state index contributed by atoms with van der Waals surface area (Å²) in [6.45, 7) is 13.2. The van der Waals surface area contributed by atoms with E-state index < -0.39 is 22.1 Å². The van der Waals surface area contributed by atoms with E-state index in [0.717, 1.165) is 0 Å². The first-order chi connectivity index (χ1) is 8.85. The van der Waals surface area contributed by atoms with Crippen LogP contribution in [0.3, 0.4) is 0 Å². The van der Waals surface area contributed by atoms with Gasteiger partial charge in [-0.2, -0.15) is 0 Å². The van der Waals surface area contributed by atoms with Crippen LogP contribution in [-0.2, 0) is 19.1 Å². The maximum Gasteiger partial charge on any atom is 0.335 e. The molecule has 6 heteroatoms. The highest BCUT2D eigenvalue weighted by Crippen LogP contribution is 2.16. The molecule has 1 unspecified atom stereocenters. The second-order valence-corrected chi connectivity index (χ2v) is 7.39. The Morgan fingerprint density at radius 3 is 1.85 bits per heavy atom. The Bertz CT molecular complexity index is 344. The summed E-state index contributed by atoms with van der Waals surface area (Å²) in [4.78, 5) is 24.8. The average Bonchev–Trinajstić information content (AvgIpc) is 2.19. The number of ether oxygens (including phenoxy) is 2. The van der Waals surface area contributed by atoms with Gasteiger partial charge < -0.3 is 9.47 Å². The zero-order chi connectivity index (χ0) is 16.1. The van der Waals surface area contributed by atoms with Crippen molar-refractivity contribution in [3.8, 4) is 0 Å². The lowest BCUT2D eigenvalue weighted by molar-refractivity contribution is -0.160. The fourth-order valence-electron chi connectivity index (χ4n) is 1.39. The molecular formula is C14H26BrNO4. The van der Waals surface area contributed by atoms with E-state index in [-0.39, 0.29) is 12.5 Å². The number of likely N-dealkylation sites (N-methyl/N-ethyl adjacent to an activating group) is 1. The van der Waals surface area contributed by atoms with Gasteiger partial charge in [-0.1, -0.05) is 22.9 Å². The molecule has 0 amide bonds. The molecular weight excluding hydrogens is 326 g/mol. The van der Waals surface area contributed by atoms with Crippen molar-refractivity contribution in [2.75, 3.05) is 13.1 Å². The van der Waals surface area contributed by atoms with Crippen LogP contribution in [0.25, 0.3) is 0 Å². The second kappa shape index (κ2) is 7.41. The molecule has 0 aliphatic carbocycles. The third-order valence-corrected chi connectivity index (χ3v) is 3.03. The normalized spacial score (nSPS) is 14.1. The maximum atomic E-state index is 12.0. The minimum Gasteiger partial charge on any atom is -0.459 e. The quantitative estimate of drug-likeness (QED) is 0.433. The number of hydrogen-bond donors (Lipinski definition) is 0. The average molecular weight is 352 g/mol. The Kier molecular flexibility index (Phi) is 7.18. The van der Waals surface area contributed by atoms with Crippen molar-refractivity contribution >= 4 is 27.9 Å². The van der Waals surface area contributed by atoms with E-state index in [1.165, 1.54) is 0 Å². The van der Waals surface area contributed by atoms with Crippen LogP contribution in [0, 0.1) is 0 Å². The van der Waals surface area contributed by atoms with Gasteiger partial charge in [-0.05, 0) is 48.1 Å². The van der Waals surface area contributed by atoms with E-state index in [4.69, 9.17) is 9.47 Å². The Balaban J connectivity index is 4.60. The predicted molar refractivity (Wildman–Crippen MR) is 81.7 cm³/mol. The number of esters is 2. The number of nitrogens with zero attached hydrogens (tertiary/aromatic N) is 1. The molecule has 20 heavy (non-hydrogen) atoms. The first kappa shape index (κ1) is 19.4. The van der Waals surface area contributed by atoms with Crippen molar-refractivity contribution in [2.45, 2.75) is 64.6 Å². The number of alkyl halides is 1. The molecule has 118 valence electrons. The Hall–Kier alpha value is -0.620. The van der Waals surface area contributed by atoms with E-state index in [0.29, 0.717) is 6.54 Å². The minimum atomic E-state index is -0.667. The SMILES string of the molecule is CCN(CC(=O)OC(C)(C)C)C(Br)C(=O)OC(C)(C)C. The summed E-state index contributed by atoms with van der Waals surface area (Å²) in [5, 5.41) is 0. The molecule has 0 saturated heterocycles. The van der Waals surface area contributed by atoms with E-state index in [1.807, 2.05) is 6.92 Å². The Labute approximate surface area is 130 Å². The van der Waals surface area contributed by atoms with Crippen LogP contribution in [0.2, 0.25) is 0 Å². The number of hydrogen-bond acceptors (Lipinski definition) is 5. The van der Waals surface area contributed by atoms with Gasteiger partial charge in [-0.3, -0.25) is 9.69 Å². The van der Waals surface area contributed by atoms with E-state index in [9.17, 15) is 9.59 Å². The number of carbonyl (C=O) groups excluding carboxylic acids is 2. The highest BCUT2D eigenvalue weighted by Gasteiger charge is 2.29. The lowest BCUT2D eigenvalue weighted by Gasteiger charge is -2.28. The van der Waals surface area contributed by atoms with Gasteiger partial charge in [0.2, 0.25) is 0 Å². The Morgan fingerprint density at radius 2 is 1.50 bits per heavy atom. The lowest BCUT2D eigenvalue weighted by atomic mass is 10.2. The lowest BCUT2D eigenvalue weighted by Crippen LogP contribution is -2.44. The van der Waals surface area contributed by atoms with E-state index >= 15 is 0 Å². The van der Waals surface area contributed by atoms with Crippen LogP contribution in [-0.4, -0.2) is 46.1 Å². The van der Waals surface area contributed by atoms with Crippen LogP contribution >= 0.6 is 15.9 Å². The Morgan fingerprint density at radius 1 is 1.05 bits per heavy atom. The van der Waals surface area contributed by atoms with Crippen LogP contribution < -0.4 is 0 Å². The molecule has 5 nitrogen and oxygen atoms in total. The van der Waals surface area contributed by atoms with Crippen LogP contribution in [0.1, 0.15) is 48.5 Å². The van der Waals surface area contributed by atoms with Gasteiger partial charge in [-0.25, -0.2) is 4.79 Å². The molecule has 0 bridgehead atoms. The highest BCUT2D eigenvalue weighted by molar-refractivity contribution is 9.09. The molecule has 1 atom stereocenters. The highest BCUT2D eigenvalue weighted by atomic mass is 79.9. The molecule has 0 N–H and O–H groups in total. The first-order valence-electron chi connectivity index (χ1n) is 6.68. The molecule has 0 aromatic heterocycles. The summed E-state index contributed by atoms with van der Waals surface area (Å²) in [7, 11) is 0. The molecule has 0 spiro atoms. The fraction of sp³-hybridized carbons (Fsp3) is 0.857. The van der Waals surface area contributed by atoms with Crippen molar-refractivity contribution in [3.63, 3.8) is 0 Å². The van der Waals surface area contributed by atoms with Crippen molar-refractivity contribution in [2.24, 2.45) is 0 Å². The van der Waals surface area contributed by atoms with Gasteiger partial charge in [0.1, 0.15) is 11.2 Å². The number of rotatable bonds is 5. The zero-order valence-electron chi connectivity index (χ0n) is 13.4. The van der Waals surface area contributed by atoms with Crippen molar-refractivity contribution in [1.29, 1.82) is 0 Å². The standard InChI is InChI=1S/C14H26BrNO4/c1-8-16(9-10(17)19-13(2,3)4)11(15)12(18)20-14(5,6)7/h11H,8-9H2,1-7H3. The van der Waals surface area contributed by atoms with Gasteiger partial charge in [0.05, 0.1) is 6.54 Å². The van der Waals surface area contributed by atoms with E-state index in [2.05, 4.69) is 15.9 Å². The summed E-state index contributed by atoms with van der Waals surface area (Å²) in [6.07, 6.45) is 0. The molecule has 0 aromatic rings. The smallest absolute Gasteiger partial charge is 0.335 e. The van der Waals surface area contributed by atoms with Crippen molar-refractivity contribution in [1.82, 2.24) is 4.90 Å². The summed E-state index contributed by atoms with van der Waals surface area (Å²) in [6, 6.07) is 0. The molecule has 0 fully saturated rings. The summed E-state index contributed by atoms with van der Waals surface area (Å²) in [5.74, 6) is -0.782. The zero-order valence-corrected chi connectivity index (χ0v) is 15.0. The third-order valence-electron chi connectivity index (χ3n) is 2.08. The summed E-state index contributed by atoms with van der Waals surface area (Å²) < 4.78 is 10.5. The van der Waals surface area contributed by atoms with E-state index in [1.54, 1.807) is 46.4 Å². The largest absolute Gasteiger partial charge is 0.459 e. The predicted octanol–water partition coefficient (Wildman–Crippen LogP) is 2.71. The second-order valence-electron chi connectivity index (χ2n) is 6.52. The molecule has 0 radical (unpaired) electrons. The monoisotopic (exact) mass is 351 g/mol. The van der Waals surface area contributed by atoms with Gasteiger partial charge >= 0.3 is 11.9 Å². The molecule has 0 aliphatic rings. The summed E-state index contributed by atoms with van der Waals surface area (Å²) in [5.41, 5.74) is -1.10. The van der Waals surface area contributed by atoms with Crippen molar-refractivity contribution in [3.05, 3.63) is 0 Å². The van der Waals surface area contributed by atoms with Gasteiger partial charge in [0.15, 0.2) is 4.95 Å². The molecule has 0 heterocycles. The molecule has 0 aliphatic heterocycles. The van der Waals surface area contributed by atoms with Gasteiger partial charge in [0.25, 0.3) is 0 Å². The van der Waals surface area contributed by atoms with Crippen LogP contribution in [0.15, 0.2) is 0 Å². The third kappa shape index (κ3) is 8.53.